The number of sulfonamides is 1. The molecule has 0 atom stereocenters. The molecule has 3 rings (SSSR count). The van der Waals surface area contributed by atoms with Crippen molar-refractivity contribution in [2.75, 3.05) is 19.3 Å². The maximum absolute atomic E-state index is 12.3. The molecule has 5 nitrogen and oxygen atoms in total. The first-order valence-corrected chi connectivity index (χ1v) is 11.5. The van der Waals surface area contributed by atoms with Crippen LogP contribution >= 0.6 is 0 Å². The molecule has 0 saturated carbocycles. The Morgan fingerprint density at radius 2 is 1.62 bits per heavy atom. The molecule has 0 bridgehead atoms. The number of carbonyl (C=O) groups is 1. The highest BCUT2D eigenvalue weighted by Gasteiger charge is 2.20. The van der Waals surface area contributed by atoms with Crippen LogP contribution in [0.25, 0.3) is 10.8 Å². The van der Waals surface area contributed by atoms with E-state index in [1.165, 1.54) is 20.6 Å². The minimum absolute atomic E-state index is 0.179. The van der Waals surface area contributed by atoms with Gasteiger partial charge in [0.1, 0.15) is 0 Å². The number of benzene rings is 3. The number of carbonyl (C=O) groups excluding carboxylic acids is 1. The summed E-state index contributed by atoms with van der Waals surface area (Å²) in [5, 5.41) is 5.28. The van der Waals surface area contributed by atoms with E-state index in [0.29, 0.717) is 6.54 Å². The minimum atomic E-state index is -3.48. The second kappa shape index (κ2) is 9.67. The average Bonchev–Trinajstić information content (AvgIpc) is 2.71. The molecule has 3 aromatic rings. The van der Waals surface area contributed by atoms with E-state index in [-0.39, 0.29) is 19.0 Å². The second-order valence-electron chi connectivity index (χ2n) is 7.11. The fourth-order valence-electron chi connectivity index (χ4n) is 3.31. The standard InChI is InChI=1S/C23H26N2O3S/c1-29(27,28)25(17-19-9-3-2-4-10-19)18-23(26)24-16-8-14-21-13-7-12-20-11-5-6-15-22(20)21/h2-7,9-13,15H,8,14,16-18H2,1H3,(H,24,26). The number of amides is 1. The van der Waals surface area contributed by atoms with Gasteiger partial charge in [-0.1, -0.05) is 72.8 Å². The zero-order valence-electron chi connectivity index (χ0n) is 16.5. The lowest BCUT2D eigenvalue weighted by molar-refractivity contribution is -0.121. The van der Waals surface area contributed by atoms with E-state index in [1.807, 2.05) is 48.5 Å². The number of nitrogens with zero attached hydrogens (tertiary/aromatic N) is 1. The van der Waals surface area contributed by atoms with E-state index in [9.17, 15) is 13.2 Å². The minimum Gasteiger partial charge on any atom is -0.355 e. The Balaban J connectivity index is 1.51. The maximum Gasteiger partial charge on any atom is 0.235 e. The molecule has 0 aliphatic rings. The highest BCUT2D eigenvalue weighted by Crippen LogP contribution is 2.19. The maximum atomic E-state index is 12.3. The first-order valence-electron chi connectivity index (χ1n) is 9.66. The van der Waals surface area contributed by atoms with Gasteiger partial charge in [-0.15, -0.1) is 0 Å². The molecule has 0 aromatic heterocycles. The van der Waals surface area contributed by atoms with Gasteiger partial charge in [0.05, 0.1) is 12.8 Å². The number of rotatable bonds is 9. The van der Waals surface area contributed by atoms with Crippen LogP contribution in [-0.4, -0.2) is 38.0 Å². The van der Waals surface area contributed by atoms with Gasteiger partial charge in [0, 0.05) is 13.1 Å². The van der Waals surface area contributed by atoms with Gasteiger partial charge in [0.2, 0.25) is 15.9 Å². The molecule has 29 heavy (non-hydrogen) atoms. The van der Waals surface area contributed by atoms with Crippen molar-refractivity contribution < 1.29 is 13.2 Å². The smallest absolute Gasteiger partial charge is 0.235 e. The lowest BCUT2D eigenvalue weighted by atomic mass is 10.0. The van der Waals surface area contributed by atoms with E-state index in [0.717, 1.165) is 24.7 Å². The quantitative estimate of drug-likeness (QED) is 0.550. The molecule has 0 aliphatic heterocycles. The third kappa shape index (κ3) is 6.14. The Bertz CT molecular complexity index is 1060. The predicted molar refractivity (Wildman–Crippen MR) is 117 cm³/mol. The van der Waals surface area contributed by atoms with E-state index in [2.05, 4.69) is 29.6 Å². The molecular formula is C23H26N2O3S. The Hall–Kier alpha value is -2.70. The molecule has 0 radical (unpaired) electrons. The van der Waals surface area contributed by atoms with Gasteiger partial charge in [-0.3, -0.25) is 4.79 Å². The average molecular weight is 411 g/mol. The fraction of sp³-hybridized carbons (Fsp3) is 0.261. The molecule has 3 aromatic carbocycles. The highest BCUT2D eigenvalue weighted by molar-refractivity contribution is 7.88. The normalized spacial score (nSPS) is 11.7. The van der Waals surface area contributed by atoms with Gasteiger partial charge in [0.25, 0.3) is 0 Å². The van der Waals surface area contributed by atoms with Crippen LogP contribution in [0.3, 0.4) is 0 Å². The van der Waals surface area contributed by atoms with Crippen molar-refractivity contribution in [1.29, 1.82) is 0 Å². The Morgan fingerprint density at radius 1 is 0.931 bits per heavy atom. The van der Waals surface area contributed by atoms with Crippen LogP contribution in [0.15, 0.2) is 72.8 Å². The molecule has 0 aliphatic carbocycles. The number of hydrogen-bond donors (Lipinski definition) is 1. The molecule has 0 unspecified atom stereocenters. The van der Waals surface area contributed by atoms with Crippen LogP contribution < -0.4 is 5.32 Å². The lowest BCUT2D eigenvalue weighted by Crippen LogP contribution is -2.40. The molecule has 0 heterocycles. The van der Waals surface area contributed by atoms with Gasteiger partial charge in [-0.2, -0.15) is 4.31 Å². The second-order valence-corrected chi connectivity index (χ2v) is 9.09. The molecule has 152 valence electrons. The summed E-state index contributed by atoms with van der Waals surface area (Å²) in [5.41, 5.74) is 2.10. The highest BCUT2D eigenvalue weighted by atomic mass is 32.2. The van der Waals surface area contributed by atoms with E-state index >= 15 is 0 Å². The summed E-state index contributed by atoms with van der Waals surface area (Å²) in [5.74, 6) is -0.288. The Labute approximate surface area is 172 Å². The molecule has 0 fully saturated rings. The molecule has 1 N–H and O–H groups in total. The van der Waals surface area contributed by atoms with Gasteiger partial charge in [-0.05, 0) is 34.7 Å². The zero-order valence-corrected chi connectivity index (χ0v) is 17.4. The Kier molecular flexibility index (Phi) is 7.01. The summed E-state index contributed by atoms with van der Waals surface area (Å²) in [6.45, 7) is 0.510. The van der Waals surface area contributed by atoms with Crippen LogP contribution in [0.4, 0.5) is 0 Å². The number of aryl methyl sites for hydroxylation is 1. The summed E-state index contributed by atoms with van der Waals surface area (Å²) in [6, 6.07) is 23.8. The molecular weight excluding hydrogens is 384 g/mol. The molecule has 6 heteroatoms. The van der Waals surface area contributed by atoms with Gasteiger partial charge in [0.15, 0.2) is 0 Å². The third-order valence-electron chi connectivity index (χ3n) is 4.82. The van der Waals surface area contributed by atoms with Gasteiger partial charge >= 0.3 is 0 Å². The first-order chi connectivity index (χ1) is 13.9. The number of hydrogen-bond acceptors (Lipinski definition) is 3. The predicted octanol–water partition coefficient (Wildman–Crippen LogP) is 3.35. The summed E-state index contributed by atoms with van der Waals surface area (Å²) in [4.78, 5) is 12.3. The van der Waals surface area contributed by atoms with Gasteiger partial charge in [-0.25, -0.2) is 8.42 Å². The summed E-state index contributed by atoms with van der Waals surface area (Å²) >= 11 is 0. The molecule has 0 saturated heterocycles. The van der Waals surface area contributed by atoms with Crippen molar-refractivity contribution in [3.05, 3.63) is 83.9 Å². The van der Waals surface area contributed by atoms with E-state index in [1.54, 1.807) is 0 Å². The van der Waals surface area contributed by atoms with Crippen molar-refractivity contribution in [2.45, 2.75) is 19.4 Å². The van der Waals surface area contributed by atoms with Crippen molar-refractivity contribution in [1.82, 2.24) is 9.62 Å². The van der Waals surface area contributed by atoms with Crippen molar-refractivity contribution in [2.24, 2.45) is 0 Å². The van der Waals surface area contributed by atoms with E-state index in [4.69, 9.17) is 0 Å². The Morgan fingerprint density at radius 3 is 2.38 bits per heavy atom. The van der Waals surface area contributed by atoms with Crippen molar-refractivity contribution >= 4 is 26.7 Å². The molecule has 0 spiro atoms. The fourth-order valence-corrected chi connectivity index (χ4v) is 4.05. The van der Waals surface area contributed by atoms with Crippen molar-refractivity contribution in [3.8, 4) is 0 Å². The van der Waals surface area contributed by atoms with Crippen LogP contribution in [0.5, 0.6) is 0 Å². The number of nitrogens with one attached hydrogen (secondary N) is 1. The topological polar surface area (TPSA) is 66.5 Å². The van der Waals surface area contributed by atoms with Crippen molar-refractivity contribution in [3.63, 3.8) is 0 Å². The lowest BCUT2D eigenvalue weighted by Gasteiger charge is -2.19. The van der Waals surface area contributed by atoms with Crippen LogP contribution in [0, 0.1) is 0 Å². The third-order valence-corrected chi connectivity index (χ3v) is 6.01. The largest absolute Gasteiger partial charge is 0.355 e. The van der Waals surface area contributed by atoms with Crippen LogP contribution in [-0.2, 0) is 27.8 Å². The zero-order chi connectivity index (χ0) is 20.7. The first kappa shape index (κ1) is 21.0. The summed E-state index contributed by atoms with van der Waals surface area (Å²) in [6.07, 6.45) is 2.77. The van der Waals surface area contributed by atoms with Crippen LogP contribution in [0.2, 0.25) is 0 Å². The molecule has 1 amide bonds. The van der Waals surface area contributed by atoms with Gasteiger partial charge < -0.3 is 5.32 Å². The van der Waals surface area contributed by atoms with Crippen LogP contribution in [0.1, 0.15) is 17.5 Å². The monoisotopic (exact) mass is 410 g/mol. The number of fused-ring (bicyclic) bond motifs is 1. The summed E-state index contributed by atoms with van der Waals surface area (Å²) in [7, 11) is -3.48. The van der Waals surface area contributed by atoms with E-state index < -0.39 is 10.0 Å². The SMILES string of the molecule is CS(=O)(=O)N(CC(=O)NCCCc1cccc2ccccc12)Cc1ccccc1. The summed E-state index contributed by atoms with van der Waals surface area (Å²) < 4.78 is 25.3.